The fourth-order valence-corrected chi connectivity index (χ4v) is 1.38. The third-order valence-electron chi connectivity index (χ3n) is 2.13. The van der Waals surface area contributed by atoms with Crippen LogP contribution in [0.4, 0.5) is 0 Å². The normalized spacial score (nSPS) is 21.7. The van der Waals surface area contributed by atoms with Crippen molar-refractivity contribution >= 4 is 0 Å². The Hall–Kier alpha value is -0.160. The molecule has 0 N–H and O–H groups in total. The molecule has 0 saturated carbocycles. The maximum absolute atomic E-state index is 5.39. The molecule has 0 aromatic carbocycles. The molecule has 1 aliphatic rings. The van der Waals surface area contributed by atoms with E-state index in [2.05, 4.69) is 4.90 Å². The first-order valence-electron chi connectivity index (χ1n) is 4.81. The van der Waals surface area contributed by atoms with E-state index in [0.717, 1.165) is 32.8 Å². The largest absolute Gasteiger partial charge is 0.379 e. The number of morpholine rings is 1. The summed E-state index contributed by atoms with van der Waals surface area (Å²) in [6.45, 7) is 7.12. The average Bonchev–Trinajstić information content (AvgIpc) is 2.19. The predicted octanol–water partition coefficient (Wildman–Crippen LogP) is 0.328. The van der Waals surface area contributed by atoms with E-state index >= 15 is 0 Å². The topological polar surface area (TPSA) is 30.9 Å². The van der Waals surface area contributed by atoms with E-state index in [0.29, 0.717) is 6.61 Å². The van der Waals surface area contributed by atoms with Crippen molar-refractivity contribution in [1.29, 1.82) is 0 Å². The molecular formula is C9H19NO3. The lowest BCUT2D eigenvalue weighted by Crippen LogP contribution is -2.42. The smallest absolute Gasteiger partial charge is 0.169 e. The molecule has 1 atom stereocenters. The first kappa shape index (κ1) is 10.9. The molecule has 1 fully saturated rings. The van der Waals surface area contributed by atoms with Gasteiger partial charge >= 0.3 is 0 Å². The summed E-state index contributed by atoms with van der Waals surface area (Å²) in [6, 6.07) is 0. The van der Waals surface area contributed by atoms with Crippen molar-refractivity contribution in [1.82, 2.24) is 4.90 Å². The maximum Gasteiger partial charge on any atom is 0.169 e. The number of hydrogen-bond acceptors (Lipinski definition) is 4. The van der Waals surface area contributed by atoms with Gasteiger partial charge in [-0.15, -0.1) is 0 Å². The summed E-state index contributed by atoms with van der Waals surface area (Å²) in [5.41, 5.74) is 0. The number of ether oxygens (including phenoxy) is 3. The molecule has 1 rings (SSSR count). The van der Waals surface area contributed by atoms with E-state index in [9.17, 15) is 0 Å². The van der Waals surface area contributed by atoms with Gasteiger partial charge in [-0.2, -0.15) is 0 Å². The third kappa shape index (κ3) is 4.04. The van der Waals surface area contributed by atoms with Crippen molar-refractivity contribution in [2.75, 3.05) is 46.6 Å². The van der Waals surface area contributed by atoms with Gasteiger partial charge in [0.05, 0.1) is 13.2 Å². The van der Waals surface area contributed by atoms with Gasteiger partial charge in [0.25, 0.3) is 0 Å². The minimum Gasteiger partial charge on any atom is -0.379 e. The second-order valence-electron chi connectivity index (χ2n) is 3.03. The van der Waals surface area contributed by atoms with Gasteiger partial charge in [-0.1, -0.05) is 0 Å². The van der Waals surface area contributed by atoms with Crippen LogP contribution in [0, 0.1) is 0 Å². The molecule has 4 heteroatoms. The quantitative estimate of drug-likeness (QED) is 0.583. The van der Waals surface area contributed by atoms with Crippen molar-refractivity contribution < 1.29 is 14.2 Å². The SMILES string of the molecule is CCOC(CN1CCOCC1)OC. The molecule has 13 heavy (non-hydrogen) atoms. The molecule has 0 radical (unpaired) electrons. The highest BCUT2D eigenvalue weighted by Crippen LogP contribution is 2.01. The molecule has 0 aromatic heterocycles. The highest BCUT2D eigenvalue weighted by Gasteiger charge is 2.15. The number of hydrogen-bond donors (Lipinski definition) is 0. The Morgan fingerprint density at radius 1 is 1.38 bits per heavy atom. The fraction of sp³-hybridized carbons (Fsp3) is 1.00. The van der Waals surface area contributed by atoms with Crippen LogP contribution in [0.15, 0.2) is 0 Å². The lowest BCUT2D eigenvalue weighted by atomic mass is 10.4. The van der Waals surface area contributed by atoms with Crippen LogP contribution in [0.2, 0.25) is 0 Å². The fourth-order valence-electron chi connectivity index (χ4n) is 1.38. The van der Waals surface area contributed by atoms with Crippen LogP contribution in [0.5, 0.6) is 0 Å². The summed E-state index contributed by atoms with van der Waals surface area (Å²) in [7, 11) is 1.68. The minimum atomic E-state index is -0.0944. The Morgan fingerprint density at radius 3 is 2.62 bits per heavy atom. The summed E-state index contributed by atoms with van der Waals surface area (Å²) >= 11 is 0. The summed E-state index contributed by atoms with van der Waals surface area (Å²) < 4.78 is 15.8. The van der Waals surface area contributed by atoms with Crippen LogP contribution in [0.1, 0.15) is 6.92 Å². The van der Waals surface area contributed by atoms with Crippen molar-refractivity contribution in [3.05, 3.63) is 0 Å². The van der Waals surface area contributed by atoms with Crippen molar-refractivity contribution in [3.63, 3.8) is 0 Å². The van der Waals surface area contributed by atoms with E-state index < -0.39 is 0 Å². The van der Waals surface area contributed by atoms with Gasteiger partial charge in [0, 0.05) is 33.4 Å². The van der Waals surface area contributed by atoms with Crippen molar-refractivity contribution in [2.24, 2.45) is 0 Å². The van der Waals surface area contributed by atoms with E-state index in [1.54, 1.807) is 7.11 Å². The zero-order valence-electron chi connectivity index (χ0n) is 8.49. The standard InChI is InChI=1S/C9H19NO3/c1-3-13-9(11-2)8-10-4-6-12-7-5-10/h9H,3-8H2,1-2H3. The number of nitrogens with zero attached hydrogens (tertiary/aromatic N) is 1. The Balaban J connectivity index is 2.18. The van der Waals surface area contributed by atoms with Gasteiger partial charge in [-0.25, -0.2) is 0 Å². The summed E-state index contributed by atoms with van der Waals surface area (Å²) in [5, 5.41) is 0. The molecule has 0 aromatic rings. The second kappa shape index (κ2) is 6.32. The summed E-state index contributed by atoms with van der Waals surface area (Å²) in [6.07, 6.45) is -0.0944. The van der Waals surface area contributed by atoms with E-state index in [-0.39, 0.29) is 6.29 Å². The molecule has 0 aliphatic carbocycles. The predicted molar refractivity (Wildman–Crippen MR) is 49.7 cm³/mol. The van der Waals surface area contributed by atoms with E-state index in [4.69, 9.17) is 14.2 Å². The molecular weight excluding hydrogens is 170 g/mol. The Bertz CT molecular complexity index is 123. The summed E-state index contributed by atoms with van der Waals surface area (Å²) in [5.74, 6) is 0. The molecule has 0 bridgehead atoms. The molecule has 1 saturated heterocycles. The van der Waals surface area contributed by atoms with Crippen LogP contribution in [-0.2, 0) is 14.2 Å². The lowest BCUT2D eigenvalue weighted by Gasteiger charge is -2.29. The van der Waals surface area contributed by atoms with Gasteiger partial charge < -0.3 is 14.2 Å². The molecule has 0 spiro atoms. The first-order chi connectivity index (χ1) is 6.36. The van der Waals surface area contributed by atoms with Crippen molar-refractivity contribution in [3.8, 4) is 0 Å². The molecule has 1 heterocycles. The van der Waals surface area contributed by atoms with Crippen LogP contribution in [0.3, 0.4) is 0 Å². The Labute approximate surface area is 79.8 Å². The van der Waals surface area contributed by atoms with E-state index in [1.165, 1.54) is 0 Å². The van der Waals surface area contributed by atoms with Crippen LogP contribution >= 0.6 is 0 Å². The molecule has 78 valence electrons. The number of rotatable bonds is 5. The highest BCUT2D eigenvalue weighted by molar-refractivity contribution is 4.63. The summed E-state index contributed by atoms with van der Waals surface area (Å²) in [4.78, 5) is 2.30. The van der Waals surface area contributed by atoms with Gasteiger partial charge in [0.1, 0.15) is 0 Å². The third-order valence-corrected chi connectivity index (χ3v) is 2.13. The first-order valence-corrected chi connectivity index (χ1v) is 4.81. The van der Waals surface area contributed by atoms with Gasteiger partial charge in [-0.05, 0) is 6.92 Å². The van der Waals surface area contributed by atoms with Gasteiger partial charge in [0.15, 0.2) is 6.29 Å². The van der Waals surface area contributed by atoms with Crippen molar-refractivity contribution in [2.45, 2.75) is 13.2 Å². The lowest BCUT2D eigenvalue weighted by molar-refractivity contribution is -0.138. The second-order valence-corrected chi connectivity index (χ2v) is 3.03. The van der Waals surface area contributed by atoms with Gasteiger partial charge in [0.2, 0.25) is 0 Å². The van der Waals surface area contributed by atoms with Crippen LogP contribution in [0.25, 0.3) is 0 Å². The van der Waals surface area contributed by atoms with Crippen LogP contribution < -0.4 is 0 Å². The average molecular weight is 189 g/mol. The van der Waals surface area contributed by atoms with Gasteiger partial charge in [-0.3, -0.25) is 4.90 Å². The molecule has 1 aliphatic heterocycles. The zero-order chi connectivity index (χ0) is 9.52. The molecule has 0 amide bonds. The minimum absolute atomic E-state index is 0.0944. The van der Waals surface area contributed by atoms with E-state index in [1.807, 2.05) is 6.92 Å². The zero-order valence-corrected chi connectivity index (χ0v) is 8.49. The highest BCUT2D eigenvalue weighted by atomic mass is 16.7. The molecule has 1 unspecified atom stereocenters. The number of methoxy groups -OCH3 is 1. The van der Waals surface area contributed by atoms with Crippen LogP contribution in [-0.4, -0.2) is 57.8 Å². The maximum atomic E-state index is 5.39. The monoisotopic (exact) mass is 189 g/mol. The Kier molecular flexibility index (Phi) is 5.31. The Morgan fingerprint density at radius 2 is 2.08 bits per heavy atom. The molecule has 4 nitrogen and oxygen atoms in total.